The summed E-state index contributed by atoms with van der Waals surface area (Å²) in [6, 6.07) is 4.35. The van der Waals surface area contributed by atoms with Crippen molar-refractivity contribution < 1.29 is 0 Å². The van der Waals surface area contributed by atoms with Gasteiger partial charge in [-0.1, -0.05) is 12.8 Å². The van der Waals surface area contributed by atoms with Crippen molar-refractivity contribution in [3.63, 3.8) is 0 Å². The Morgan fingerprint density at radius 2 is 1.88 bits per heavy atom. The van der Waals surface area contributed by atoms with E-state index in [2.05, 4.69) is 36.1 Å². The monoisotopic (exact) mass is 233 g/mol. The number of hydrogen-bond acceptors (Lipinski definition) is 3. The molecule has 1 fully saturated rings. The second-order valence-electron chi connectivity index (χ2n) is 5.37. The molecule has 1 heterocycles. The maximum absolute atomic E-state index is 6.48. The van der Waals surface area contributed by atoms with Crippen molar-refractivity contribution in [2.75, 3.05) is 14.1 Å². The van der Waals surface area contributed by atoms with Gasteiger partial charge in [0.2, 0.25) is 0 Å². The van der Waals surface area contributed by atoms with Crippen LogP contribution in [0.4, 0.5) is 0 Å². The van der Waals surface area contributed by atoms with Crippen molar-refractivity contribution in [2.45, 2.75) is 43.7 Å². The van der Waals surface area contributed by atoms with Crippen LogP contribution in [0.25, 0.3) is 0 Å². The second kappa shape index (κ2) is 5.15. The third kappa shape index (κ3) is 2.50. The first-order chi connectivity index (χ1) is 8.15. The van der Waals surface area contributed by atoms with Crippen molar-refractivity contribution in [3.8, 4) is 0 Å². The molecule has 1 aliphatic rings. The van der Waals surface area contributed by atoms with Gasteiger partial charge < -0.3 is 10.6 Å². The van der Waals surface area contributed by atoms with E-state index in [4.69, 9.17) is 5.73 Å². The Labute approximate surface area is 104 Å². The molecule has 2 N–H and O–H groups in total. The van der Waals surface area contributed by atoms with Crippen molar-refractivity contribution in [1.82, 2.24) is 9.88 Å². The van der Waals surface area contributed by atoms with E-state index in [1.807, 2.05) is 12.4 Å². The van der Waals surface area contributed by atoms with Gasteiger partial charge in [0.05, 0.1) is 0 Å². The highest BCUT2D eigenvalue weighted by atomic mass is 15.2. The van der Waals surface area contributed by atoms with Crippen molar-refractivity contribution in [3.05, 3.63) is 30.1 Å². The lowest BCUT2D eigenvalue weighted by Gasteiger charge is -2.41. The van der Waals surface area contributed by atoms with Crippen LogP contribution in [-0.4, -0.2) is 35.6 Å². The molecule has 1 atom stereocenters. The summed E-state index contributed by atoms with van der Waals surface area (Å²) in [6.07, 6.45) is 9.71. The van der Waals surface area contributed by atoms with E-state index in [1.54, 1.807) is 0 Å². The van der Waals surface area contributed by atoms with Gasteiger partial charge in [0.25, 0.3) is 0 Å². The molecule has 0 bridgehead atoms. The molecule has 1 aliphatic carbocycles. The quantitative estimate of drug-likeness (QED) is 0.862. The summed E-state index contributed by atoms with van der Waals surface area (Å²) in [5, 5.41) is 0. The minimum absolute atomic E-state index is 0.198. The zero-order valence-electron chi connectivity index (χ0n) is 10.9. The lowest BCUT2D eigenvalue weighted by atomic mass is 9.84. The summed E-state index contributed by atoms with van der Waals surface area (Å²) in [6.45, 7) is 0. The fourth-order valence-electron chi connectivity index (χ4n) is 3.10. The number of rotatable bonds is 4. The van der Waals surface area contributed by atoms with Crippen LogP contribution in [0.2, 0.25) is 0 Å². The van der Waals surface area contributed by atoms with Gasteiger partial charge in [-0.25, -0.2) is 0 Å². The number of likely N-dealkylation sites (N-methyl/N-ethyl adjacent to an activating group) is 1. The zero-order chi connectivity index (χ0) is 12.3. The van der Waals surface area contributed by atoms with E-state index in [9.17, 15) is 0 Å². The lowest BCUT2D eigenvalue weighted by molar-refractivity contribution is 0.123. The number of hydrogen-bond donors (Lipinski definition) is 1. The first kappa shape index (κ1) is 12.5. The summed E-state index contributed by atoms with van der Waals surface area (Å²) >= 11 is 0. The molecule has 0 aliphatic heterocycles. The van der Waals surface area contributed by atoms with Crippen molar-refractivity contribution >= 4 is 0 Å². The fraction of sp³-hybridized carbons (Fsp3) is 0.643. The molecule has 3 nitrogen and oxygen atoms in total. The number of nitrogens with zero attached hydrogens (tertiary/aromatic N) is 2. The second-order valence-corrected chi connectivity index (χ2v) is 5.37. The van der Waals surface area contributed by atoms with E-state index in [-0.39, 0.29) is 11.6 Å². The largest absolute Gasteiger partial charge is 0.326 e. The predicted molar refractivity (Wildman–Crippen MR) is 70.8 cm³/mol. The third-order valence-corrected chi connectivity index (χ3v) is 4.26. The molecule has 2 rings (SSSR count). The van der Waals surface area contributed by atoms with Crippen molar-refractivity contribution in [2.24, 2.45) is 5.73 Å². The molecule has 1 saturated carbocycles. The highest BCUT2D eigenvalue weighted by molar-refractivity contribution is 5.14. The maximum atomic E-state index is 6.48. The molecule has 0 radical (unpaired) electrons. The van der Waals surface area contributed by atoms with Gasteiger partial charge in [-0.05, 0) is 51.1 Å². The molecule has 94 valence electrons. The van der Waals surface area contributed by atoms with Gasteiger partial charge >= 0.3 is 0 Å². The molecule has 1 unspecified atom stereocenters. The summed E-state index contributed by atoms with van der Waals surface area (Å²) in [5.41, 5.74) is 7.97. The van der Waals surface area contributed by atoms with Crippen LogP contribution < -0.4 is 5.73 Å². The van der Waals surface area contributed by atoms with Gasteiger partial charge in [0, 0.05) is 24.0 Å². The van der Waals surface area contributed by atoms with Crippen LogP contribution in [0, 0.1) is 0 Å². The Morgan fingerprint density at radius 3 is 2.41 bits per heavy atom. The standard InChI is InChI=1S/C14H23N3/c1-17(2)14(7-3-4-8-14)13(15)11-12-5-9-16-10-6-12/h5-6,9-10,13H,3-4,7-8,11,15H2,1-2H3. The van der Waals surface area contributed by atoms with E-state index in [1.165, 1.54) is 31.2 Å². The molecule has 0 aromatic carbocycles. The molecule has 1 aromatic rings. The molecule has 3 heteroatoms. The number of aromatic nitrogens is 1. The van der Waals surface area contributed by atoms with Crippen LogP contribution >= 0.6 is 0 Å². The first-order valence-electron chi connectivity index (χ1n) is 6.47. The topological polar surface area (TPSA) is 42.1 Å². The van der Waals surface area contributed by atoms with Crippen LogP contribution in [0.5, 0.6) is 0 Å². The molecule has 0 spiro atoms. The van der Waals surface area contributed by atoms with Gasteiger partial charge in [0.1, 0.15) is 0 Å². The zero-order valence-corrected chi connectivity index (χ0v) is 10.9. The number of nitrogens with two attached hydrogens (primary N) is 1. The summed E-state index contributed by atoms with van der Waals surface area (Å²) < 4.78 is 0. The molecule has 1 aromatic heterocycles. The van der Waals surface area contributed by atoms with Crippen LogP contribution in [0.1, 0.15) is 31.2 Å². The Hall–Kier alpha value is -0.930. The molecule has 0 saturated heterocycles. The van der Waals surface area contributed by atoms with E-state index in [0.29, 0.717) is 0 Å². The Morgan fingerprint density at radius 1 is 1.29 bits per heavy atom. The van der Waals surface area contributed by atoms with Gasteiger partial charge in [-0.15, -0.1) is 0 Å². The molecule has 17 heavy (non-hydrogen) atoms. The minimum atomic E-state index is 0.198. The van der Waals surface area contributed by atoms with E-state index >= 15 is 0 Å². The molecular weight excluding hydrogens is 210 g/mol. The Balaban J connectivity index is 2.10. The highest BCUT2D eigenvalue weighted by Crippen LogP contribution is 2.36. The minimum Gasteiger partial charge on any atom is -0.326 e. The van der Waals surface area contributed by atoms with Gasteiger partial charge in [-0.2, -0.15) is 0 Å². The lowest BCUT2D eigenvalue weighted by Crippen LogP contribution is -2.56. The van der Waals surface area contributed by atoms with Crippen LogP contribution in [0.15, 0.2) is 24.5 Å². The Kier molecular flexibility index (Phi) is 3.79. The maximum Gasteiger partial charge on any atom is 0.0357 e. The summed E-state index contributed by atoms with van der Waals surface area (Å²) in [4.78, 5) is 6.39. The van der Waals surface area contributed by atoms with E-state index < -0.39 is 0 Å². The molecular formula is C14H23N3. The van der Waals surface area contributed by atoms with Gasteiger partial charge in [0.15, 0.2) is 0 Å². The van der Waals surface area contributed by atoms with Crippen LogP contribution in [-0.2, 0) is 6.42 Å². The van der Waals surface area contributed by atoms with E-state index in [0.717, 1.165) is 6.42 Å². The number of pyridine rings is 1. The fourth-order valence-corrected chi connectivity index (χ4v) is 3.10. The highest BCUT2D eigenvalue weighted by Gasteiger charge is 2.41. The van der Waals surface area contributed by atoms with Crippen molar-refractivity contribution in [1.29, 1.82) is 0 Å². The van der Waals surface area contributed by atoms with Crippen LogP contribution in [0.3, 0.4) is 0 Å². The normalized spacial score (nSPS) is 20.7. The third-order valence-electron chi connectivity index (χ3n) is 4.26. The first-order valence-corrected chi connectivity index (χ1v) is 6.47. The predicted octanol–water partition coefficient (Wildman–Crippen LogP) is 1.83. The smallest absolute Gasteiger partial charge is 0.0357 e. The van der Waals surface area contributed by atoms with Gasteiger partial charge in [-0.3, -0.25) is 4.98 Å². The SMILES string of the molecule is CN(C)C1(C(N)Cc2ccncc2)CCCC1. The summed E-state index contributed by atoms with van der Waals surface area (Å²) in [5.74, 6) is 0. The summed E-state index contributed by atoms with van der Waals surface area (Å²) in [7, 11) is 4.33. The Bertz CT molecular complexity index is 342. The average molecular weight is 233 g/mol. The average Bonchev–Trinajstić information content (AvgIpc) is 2.80. The molecule has 0 amide bonds.